The van der Waals surface area contributed by atoms with E-state index in [1.165, 1.54) is 13.2 Å². The van der Waals surface area contributed by atoms with Gasteiger partial charge >= 0.3 is 5.69 Å². The monoisotopic (exact) mass is 254 g/mol. The average Bonchev–Trinajstić information content (AvgIpc) is 2.38. The predicted octanol–water partition coefficient (Wildman–Crippen LogP) is 2.44. The van der Waals surface area contributed by atoms with Crippen molar-refractivity contribution in [3.63, 3.8) is 0 Å². The minimum atomic E-state index is -0.457. The SMILES string of the molecule is COCCCCNc1ccc([N+](=O)[O-])c(OC)c1. The molecule has 0 amide bonds. The van der Waals surface area contributed by atoms with Gasteiger partial charge in [-0.05, 0) is 18.9 Å². The maximum absolute atomic E-state index is 10.7. The van der Waals surface area contributed by atoms with E-state index < -0.39 is 4.92 Å². The number of unbranched alkanes of at least 4 members (excludes halogenated alkanes) is 1. The Morgan fingerprint density at radius 1 is 1.33 bits per heavy atom. The molecule has 6 nitrogen and oxygen atoms in total. The van der Waals surface area contributed by atoms with Gasteiger partial charge in [0.1, 0.15) is 0 Å². The van der Waals surface area contributed by atoms with Gasteiger partial charge in [0, 0.05) is 38.1 Å². The van der Waals surface area contributed by atoms with Crippen LogP contribution in [0.25, 0.3) is 0 Å². The van der Waals surface area contributed by atoms with Gasteiger partial charge < -0.3 is 14.8 Å². The first-order valence-corrected chi connectivity index (χ1v) is 5.74. The molecule has 0 aliphatic rings. The molecule has 0 fully saturated rings. The number of hydrogen-bond acceptors (Lipinski definition) is 5. The zero-order chi connectivity index (χ0) is 13.4. The molecule has 0 aliphatic carbocycles. The molecule has 1 rings (SSSR count). The molecule has 0 unspecified atom stereocenters. The third kappa shape index (κ3) is 4.21. The molecule has 6 heteroatoms. The minimum absolute atomic E-state index is 0.0255. The highest BCUT2D eigenvalue weighted by molar-refractivity contribution is 5.57. The van der Waals surface area contributed by atoms with E-state index >= 15 is 0 Å². The van der Waals surface area contributed by atoms with Gasteiger partial charge in [-0.1, -0.05) is 0 Å². The first kappa shape index (κ1) is 14.2. The second-order valence-electron chi connectivity index (χ2n) is 3.77. The molecule has 0 aromatic heterocycles. The van der Waals surface area contributed by atoms with Crippen LogP contribution in [0.2, 0.25) is 0 Å². The summed E-state index contributed by atoms with van der Waals surface area (Å²) in [7, 11) is 3.10. The first-order chi connectivity index (χ1) is 8.69. The van der Waals surface area contributed by atoms with E-state index in [1.54, 1.807) is 19.2 Å². The lowest BCUT2D eigenvalue weighted by atomic mass is 10.2. The van der Waals surface area contributed by atoms with Crippen LogP contribution >= 0.6 is 0 Å². The van der Waals surface area contributed by atoms with Crippen molar-refractivity contribution in [2.24, 2.45) is 0 Å². The number of rotatable bonds is 8. The molecule has 100 valence electrons. The molecule has 0 bridgehead atoms. The average molecular weight is 254 g/mol. The number of nitro groups is 1. The Bertz CT molecular complexity index is 396. The smallest absolute Gasteiger partial charge is 0.311 e. The molecule has 0 spiro atoms. The van der Waals surface area contributed by atoms with Crippen LogP contribution in [0.4, 0.5) is 11.4 Å². The molecular weight excluding hydrogens is 236 g/mol. The normalized spacial score (nSPS) is 10.1. The molecule has 0 saturated carbocycles. The molecule has 18 heavy (non-hydrogen) atoms. The number of anilines is 1. The molecule has 0 saturated heterocycles. The highest BCUT2D eigenvalue weighted by Crippen LogP contribution is 2.29. The van der Waals surface area contributed by atoms with Crippen LogP contribution in [-0.4, -0.2) is 32.3 Å². The molecule has 0 aliphatic heterocycles. The van der Waals surface area contributed by atoms with Crippen LogP contribution in [-0.2, 0) is 4.74 Å². The van der Waals surface area contributed by atoms with E-state index in [4.69, 9.17) is 9.47 Å². The quantitative estimate of drug-likeness (QED) is 0.438. The van der Waals surface area contributed by atoms with Crippen molar-refractivity contribution in [3.8, 4) is 5.75 Å². The van der Waals surface area contributed by atoms with Crippen LogP contribution < -0.4 is 10.1 Å². The Hall–Kier alpha value is -1.82. The van der Waals surface area contributed by atoms with Gasteiger partial charge in [-0.25, -0.2) is 0 Å². The van der Waals surface area contributed by atoms with Crippen molar-refractivity contribution in [1.29, 1.82) is 0 Å². The van der Waals surface area contributed by atoms with Gasteiger partial charge in [0.2, 0.25) is 0 Å². The molecular formula is C12H18N2O4. The number of hydrogen-bond donors (Lipinski definition) is 1. The fourth-order valence-electron chi connectivity index (χ4n) is 1.54. The summed E-state index contributed by atoms with van der Waals surface area (Å²) in [6, 6.07) is 4.75. The van der Waals surface area contributed by atoms with Crippen molar-refractivity contribution >= 4 is 11.4 Å². The summed E-state index contributed by atoms with van der Waals surface area (Å²) in [5.41, 5.74) is 0.789. The summed E-state index contributed by atoms with van der Waals surface area (Å²) in [4.78, 5) is 10.3. The number of nitrogens with one attached hydrogen (secondary N) is 1. The van der Waals surface area contributed by atoms with Crippen LogP contribution in [0.5, 0.6) is 5.75 Å². The molecule has 0 atom stereocenters. The number of ether oxygens (including phenoxy) is 2. The zero-order valence-corrected chi connectivity index (χ0v) is 10.6. The van der Waals surface area contributed by atoms with Crippen LogP contribution in [0.15, 0.2) is 18.2 Å². The van der Waals surface area contributed by atoms with Crippen molar-refractivity contribution in [3.05, 3.63) is 28.3 Å². The van der Waals surface area contributed by atoms with E-state index in [0.717, 1.165) is 31.7 Å². The number of nitro benzene ring substituents is 1. The Kier molecular flexibility index (Phi) is 5.93. The second-order valence-corrected chi connectivity index (χ2v) is 3.77. The predicted molar refractivity (Wildman–Crippen MR) is 69.2 cm³/mol. The fraction of sp³-hybridized carbons (Fsp3) is 0.500. The highest BCUT2D eigenvalue weighted by atomic mass is 16.6. The van der Waals surface area contributed by atoms with Crippen molar-refractivity contribution < 1.29 is 14.4 Å². The van der Waals surface area contributed by atoms with Crippen molar-refractivity contribution in [2.75, 3.05) is 32.7 Å². The third-order valence-electron chi connectivity index (χ3n) is 2.48. The van der Waals surface area contributed by atoms with Crippen molar-refractivity contribution in [1.82, 2.24) is 0 Å². The fourth-order valence-corrected chi connectivity index (χ4v) is 1.54. The number of benzene rings is 1. The topological polar surface area (TPSA) is 73.6 Å². The Balaban J connectivity index is 2.54. The van der Waals surface area contributed by atoms with Gasteiger partial charge in [-0.2, -0.15) is 0 Å². The molecule has 1 N–H and O–H groups in total. The third-order valence-corrected chi connectivity index (χ3v) is 2.48. The lowest BCUT2D eigenvalue weighted by Gasteiger charge is -2.08. The number of methoxy groups -OCH3 is 2. The van der Waals surface area contributed by atoms with Crippen LogP contribution in [0.3, 0.4) is 0 Å². The summed E-state index contributed by atoms with van der Waals surface area (Å²) in [5, 5.41) is 13.9. The van der Waals surface area contributed by atoms with Crippen LogP contribution in [0.1, 0.15) is 12.8 Å². The maximum Gasteiger partial charge on any atom is 0.311 e. The highest BCUT2D eigenvalue weighted by Gasteiger charge is 2.14. The lowest BCUT2D eigenvalue weighted by Crippen LogP contribution is -2.03. The summed E-state index contributed by atoms with van der Waals surface area (Å²) < 4.78 is 9.94. The molecule has 1 aromatic carbocycles. The molecule has 1 aromatic rings. The standard InChI is InChI=1S/C12H18N2O4/c1-17-8-4-3-7-13-10-5-6-11(14(15)16)12(9-10)18-2/h5-6,9,13H,3-4,7-8H2,1-2H3. The van der Waals surface area contributed by atoms with Gasteiger partial charge in [-0.3, -0.25) is 10.1 Å². The van der Waals surface area contributed by atoms with Gasteiger partial charge in [-0.15, -0.1) is 0 Å². The summed E-state index contributed by atoms with van der Waals surface area (Å²) in [6.07, 6.45) is 1.96. The van der Waals surface area contributed by atoms with E-state index in [-0.39, 0.29) is 11.4 Å². The van der Waals surface area contributed by atoms with Gasteiger partial charge in [0.05, 0.1) is 12.0 Å². The van der Waals surface area contributed by atoms with E-state index in [1.807, 2.05) is 0 Å². The Morgan fingerprint density at radius 2 is 2.11 bits per heavy atom. The Labute approximate surface area is 106 Å². The van der Waals surface area contributed by atoms with Crippen molar-refractivity contribution in [2.45, 2.75) is 12.8 Å². The second kappa shape index (κ2) is 7.50. The zero-order valence-electron chi connectivity index (χ0n) is 10.6. The Morgan fingerprint density at radius 3 is 2.72 bits per heavy atom. The molecule has 0 heterocycles. The summed E-state index contributed by atoms with van der Waals surface area (Å²) >= 11 is 0. The van der Waals surface area contributed by atoms with Gasteiger partial charge in [0.25, 0.3) is 0 Å². The summed E-state index contributed by atoms with van der Waals surface area (Å²) in [5.74, 6) is 0.266. The number of nitrogens with zero attached hydrogens (tertiary/aromatic N) is 1. The first-order valence-electron chi connectivity index (χ1n) is 5.74. The lowest BCUT2D eigenvalue weighted by molar-refractivity contribution is -0.385. The van der Waals surface area contributed by atoms with E-state index in [0.29, 0.717) is 0 Å². The summed E-state index contributed by atoms with van der Waals surface area (Å²) in [6.45, 7) is 1.54. The van der Waals surface area contributed by atoms with E-state index in [9.17, 15) is 10.1 Å². The maximum atomic E-state index is 10.7. The van der Waals surface area contributed by atoms with E-state index in [2.05, 4.69) is 5.32 Å². The minimum Gasteiger partial charge on any atom is -0.490 e. The molecule has 0 radical (unpaired) electrons. The largest absolute Gasteiger partial charge is 0.490 e. The van der Waals surface area contributed by atoms with Gasteiger partial charge in [0.15, 0.2) is 5.75 Å². The van der Waals surface area contributed by atoms with Crippen LogP contribution in [0, 0.1) is 10.1 Å².